The van der Waals surface area contributed by atoms with Gasteiger partial charge in [0.1, 0.15) is 5.78 Å². The van der Waals surface area contributed by atoms with Crippen LogP contribution in [-0.4, -0.2) is 28.3 Å². The molecule has 3 heteroatoms. The highest BCUT2D eigenvalue weighted by molar-refractivity contribution is 8.07. The van der Waals surface area contributed by atoms with Crippen LogP contribution in [-0.2, 0) is 4.79 Å². The smallest absolute Gasteiger partial charge is 0.146 e. The van der Waals surface area contributed by atoms with Crippen LogP contribution in [0.3, 0.4) is 0 Å². The van der Waals surface area contributed by atoms with Crippen LogP contribution >= 0.6 is 23.5 Å². The van der Waals surface area contributed by atoms with E-state index in [1.165, 1.54) is 37.2 Å². The summed E-state index contributed by atoms with van der Waals surface area (Å²) in [7, 11) is 0. The van der Waals surface area contributed by atoms with Gasteiger partial charge >= 0.3 is 0 Å². The standard InChI is InChI=1S/C13H20OS2/c14-12(13-8-15-3-4-16-13)7-11-6-9-1-2-10(11)5-9/h9-11,13H,1-8H2. The Bertz CT molecular complexity index is 273. The van der Waals surface area contributed by atoms with E-state index in [1.807, 2.05) is 23.5 Å². The minimum absolute atomic E-state index is 0.331. The van der Waals surface area contributed by atoms with Crippen molar-refractivity contribution in [2.24, 2.45) is 17.8 Å². The Morgan fingerprint density at radius 3 is 2.75 bits per heavy atom. The Morgan fingerprint density at radius 2 is 2.12 bits per heavy atom. The first-order valence-corrected chi connectivity index (χ1v) is 8.75. The first-order valence-electron chi connectivity index (χ1n) is 6.55. The predicted molar refractivity (Wildman–Crippen MR) is 72.1 cm³/mol. The van der Waals surface area contributed by atoms with Crippen LogP contribution in [0.15, 0.2) is 0 Å². The first kappa shape index (κ1) is 11.5. The van der Waals surface area contributed by atoms with Gasteiger partial charge in [0, 0.05) is 23.7 Å². The maximum atomic E-state index is 12.2. The van der Waals surface area contributed by atoms with E-state index in [2.05, 4.69) is 0 Å². The molecule has 3 fully saturated rings. The Kier molecular flexibility index (Phi) is 3.53. The summed E-state index contributed by atoms with van der Waals surface area (Å²) in [5.74, 6) is 6.71. The number of carbonyl (C=O) groups excluding carboxylic acids is 1. The van der Waals surface area contributed by atoms with Gasteiger partial charge in [0.2, 0.25) is 0 Å². The molecular formula is C13H20OS2. The molecule has 90 valence electrons. The Balaban J connectivity index is 1.52. The Hall–Kier alpha value is 0.370. The highest BCUT2D eigenvalue weighted by atomic mass is 32.2. The molecule has 0 N–H and O–H groups in total. The largest absolute Gasteiger partial charge is 0.298 e. The quantitative estimate of drug-likeness (QED) is 0.772. The topological polar surface area (TPSA) is 17.1 Å². The second-order valence-corrected chi connectivity index (χ2v) is 8.00. The zero-order valence-corrected chi connectivity index (χ0v) is 11.3. The van der Waals surface area contributed by atoms with Gasteiger partial charge in [-0.2, -0.15) is 11.8 Å². The number of hydrogen-bond acceptors (Lipinski definition) is 3. The molecule has 0 radical (unpaired) electrons. The second-order valence-electron chi connectivity index (χ2n) is 5.54. The van der Waals surface area contributed by atoms with Crippen LogP contribution in [0, 0.1) is 17.8 Å². The lowest BCUT2D eigenvalue weighted by Gasteiger charge is -2.25. The van der Waals surface area contributed by atoms with Crippen LogP contribution in [0.1, 0.15) is 32.1 Å². The summed E-state index contributed by atoms with van der Waals surface area (Å²) in [6.07, 6.45) is 6.56. The number of carbonyl (C=O) groups is 1. The maximum absolute atomic E-state index is 12.2. The van der Waals surface area contributed by atoms with Crippen molar-refractivity contribution in [2.45, 2.75) is 37.4 Å². The van der Waals surface area contributed by atoms with Crippen LogP contribution < -0.4 is 0 Å². The summed E-state index contributed by atoms with van der Waals surface area (Å²) in [6, 6.07) is 0. The molecule has 4 atom stereocenters. The molecule has 3 rings (SSSR count). The summed E-state index contributed by atoms with van der Waals surface area (Å²) >= 11 is 3.87. The van der Waals surface area contributed by atoms with Crippen molar-refractivity contribution in [2.75, 3.05) is 17.3 Å². The molecule has 0 aromatic rings. The Labute approximate surface area is 107 Å². The van der Waals surface area contributed by atoms with Crippen molar-refractivity contribution in [3.8, 4) is 0 Å². The van der Waals surface area contributed by atoms with E-state index < -0.39 is 0 Å². The minimum Gasteiger partial charge on any atom is -0.298 e. The molecule has 16 heavy (non-hydrogen) atoms. The summed E-state index contributed by atoms with van der Waals surface area (Å²) < 4.78 is 0. The zero-order valence-electron chi connectivity index (χ0n) is 9.69. The molecule has 0 amide bonds. The van der Waals surface area contributed by atoms with Crippen molar-refractivity contribution in [1.82, 2.24) is 0 Å². The van der Waals surface area contributed by atoms with Crippen LogP contribution in [0.2, 0.25) is 0 Å². The lowest BCUT2D eigenvalue weighted by atomic mass is 9.85. The molecular weight excluding hydrogens is 236 g/mol. The fourth-order valence-corrected chi connectivity index (χ4v) is 6.35. The van der Waals surface area contributed by atoms with Gasteiger partial charge in [-0.05, 0) is 37.0 Å². The highest BCUT2D eigenvalue weighted by Gasteiger charge is 2.40. The predicted octanol–water partition coefficient (Wildman–Crippen LogP) is 3.23. The van der Waals surface area contributed by atoms with E-state index in [0.29, 0.717) is 11.0 Å². The normalized spacial score (nSPS) is 42.5. The summed E-state index contributed by atoms with van der Waals surface area (Å²) in [4.78, 5) is 12.2. The van der Waals surface area contributed by atoms with Gasteiger partial charge in [-0.15, -0.1) is 11.8 Å². The van der Waals surface area contributed by atoms with E-state index in [1.54, 1.807) is 0 Å². The average molecular weight is 256 g/mol. The number of thioether (sulfide) groups is 2. The molecule has 3 aliphatic rings. The number of Topliss-reactive ketones (excluding diaryl/α,β-unsaturated/α-hetero) is 1. The van der Waals surface area contributed by atoms with E-state index in [9.17, 15) is 4.79 Å². The third kappa shape index (κ3) is 2.31. The van der Waals surface area contributed by atoms with Gasteiger partial charge in [-0.1, -0.05) is 6.42 Å². The van der Waals surface area contributed by atoms with Gasteiger partial charge in [0.15, 0.2) is 0 Å². The van der Waals surface area contributed by atoms with Gasteiger partial charge in [0.25, 0.3) is 0 Å². The summed E-state index contributed by atoms with van der Waals surface area (Å²) in [5, 5.41) is 0.331. The third-order valence-electron chi connectivity index (χ3n) is 4.52. The average Bonchev–Trinajstić information content (AvgIpc) is 2.92. The molecule has 0 aromatic heterocycles. The van der Waals surface area contributed by atoms with Gasteiger partial charge in [0.05, 0.1) is 5.25 Å². The molecule has 4 unspecified atom stereocenters. The van der Waals surface area contributed by atoms with E-state index in [0.717, 1.165) is 29.9 Å². The van der Waals surface area contributed by atoms with E-state index >= 15 is 0 Å². The van der Waals surface area contributed by atoms with Gasteiger partial charge < -0.3 is 0 Å². The maximum Gasteiger partial charge on any atom is 0.146 e. The molecule has 0 spiro atoms. The number of rotatable bonds is 3. The van der Waals surface area contributed by atoms with Crippen LogP contribution in [0.4, 0.5) is 0 Å². The molecule has 2 saturated carbocycles. The third-order valence-corrected chi connectivity index (χ3v) is 7.33. The number of fused-ring (bicyclic) bond motifs is 2. The summed E-state index contributed by atoms with van der Waals surface area (Å²) in [6.45, 7) is 0. The number of ketones is 1. The van der Waals surface area contributed by atoms with Crippen LogP contribution in [0.5, 0.6) is 0 Å². The minimum atomic E-state index is 0.331. The SMILES string of the molecule is O=C(CC1CC2CCC1C2)C1CSCCS1. The highest BCUT2D eigenvalue weighted by Crippen LogP contribution is 2.49. The van der Waals surface area contributed by atoms with Gasteiger partial charge in [-0.25, -0.2) is 0 Å². The molecule has 1 nitrogen and oxygen atoms in total. The molecule has 2 aliphatic carbocycles. The summed E-state index contributed by atoms with van der Waals surface area (Å²) in [5.41, 5.74) is 0. The lowest BCUT2D eigenvalue weighted by Crippen LogP contribution is -2.27. The van der Waals surface area contributed by atoms with Crippen molar-refractivity contribution < 1.29 is 4.79 Å². The van der Waals surface area contributed by atoms with E-state index in [4.69, 9.17) is 0 Å². The van der Waals surface area contributed by atoms with Crippen molar-refractivity contribution >= 4 is 29.3 Å². The second kappa shape index (κ2) is 4.93. The molecule has 1 heterocycles. The fourth-order valence-electron chi connectivity index (χ4n) is 3.69. The fraction of sp³-hybridized carbons (Fsp3) is 0.923. The Morgan fingerprint density at radius 1 is 1.19 bits per heavy atom. The molecule has 0 aromatic carbocycles. The van der Waals surface area contributed by atoms with E-state index in [-0.39, 0.29) is 0 Å². The first-order chi connectivity index (χ1) is 7.83. The van der Waals surface area contributed by atoms with Crippen molar-refractivity contribution in [1.29, 1.82) is 0 Å². The van der Waals surface area contributed by atoms with Crippen LogP contribution in [0.25, 0.3) is 0 Å². The molecule has 1 aliphatic heterocycles. The monoisotopic (exact) mass is 256 g/mol. The van der Waals surface area contributed by atoms with Crippen molar-refractivity contribution in [3.05, 3.63) is 0 Å². The molecule has 1 saturated heterocycles. The lowest BCUT2D eigenvalue weighted by molar-refractivity contribution is -0.119. The molecule has 2 bridgehead atoms. The number of hydrogen-bond donors (Lipinski definition) is 0. The zero-order chi connectivity index (χ0) is 11.0. The van der Waals surface area contributed by atoms with Crippen molar-refractivity contribution in [3.63, 3.8) is 0 Å². The van der Waals surface area contributed by atoms with Gasteiger partial charge in [-0.3, -0.25) is 4.79 Å².